The summed E-state index contributed by atoms with van der Waals surface area (Å²) in [4.78, 5) is 40.3. The highest BCUT2D eigenvalue weighted by atomic mass is 31.2. The van der Waals surface area contributed by atoms with E-state index in [2.05, 4.69) is 111 Å². The van der Waals surface area contributed by atoms with Crippen molar-refractivity contribution >= 4 is 19.7 Å². The zero-order chi connectivity index (χ0) is 63.5. The molecule has 1 N–H and O–H groups in total. The minimum Gasteiger partial charge on any atom is -0.756 e. The van der Waals surface area contributed by atoms with Crippen LogP contribution < -0.4 is 10.2 Å². The lowest BCUT2D eigenvalue weighted by Crippen LogP contribution is -2.47. The number of hydrogen-bond acceptors (Lipinski definition) is 7. The van der Waals surface area contributed by atoms with Crippen molar-refractivity contribution in [2.45, 2.75) is 341 Å². The molecule has 0 aliphatic carbocycles. The lowest BCUT2D eigenvalue weighted by Gasteiger charge is -2.30. The van der Waals surface area contributed by atoms with Crippen molar-refractivity contribution in [1.82, 2.24) is 5.32 Å². The van der Waals surface area contributed by atoms with Gasteiger partial charge in [0.05, 0.1) is 33.8 Å². The Hall–Kier alpha value is -3.07. The first-order valence-electron chi connectivity index (χ1n) is 36.5. The number of hydrogen-bond donors (Lipinski definition) is 1. The van der Waals surface area contributed by atoms with E-state index in [9.17, 15) is 19.0 Å². The van der Waals surface area contributed by atoms with Gasteiger partial charge in [0.1, 0.15) is 19.3 Å². The molecule has 0 rings (SSSR count). The summed E-state index contributed by atoms with van der Waals surface area (Å²) in [5, 5.41) is 3.04. The summed E-state index contributed by atoms with van der Waals surface area (Å²) in [7, 11) is 1.17. The van der Waals surface area contributed by atoms with Gasteiger partial charge in [0.2, 0.25) is 5.91 Å². The van der Waals surface area contributed by atoms with Gasteiger partial charge in [-0.05, 0) is 109 Å². The van der Waals surface area contributed by atoms with E-state index in [1.165, 1.54) is 173 Å². The van der Waals surface area contributed by atoms with Crippen molar-refractivity contribution in [1.29, 1.82) is 0 Å². The number of esters is 1. The van der Waals surface area contributed by atoms with Crippen LogP contribution in [0.2, 0.25) is 0 Å². The van der Waals surface area contributed by atoms with Gasteiger partial charge in [0, 0.05) is 12.8 Å². The van der Waals surface area contributed by atoms with Crippen molar-refractivity contribution in [2.75, 3.05) is 40.9 Å². The average Bonchev–Trinajstić information content (AvgIpc) is 3.70. The topological polar surface area (TPSA) is 114 Å². The number of amides is 1. The summed E-state index contributed by atoms with van der Waals surface area (Å²) >= 11 is 0. The molecule has 87 heavy (non-hydrogen) atoms. The lowest BCUT2D eigenvalue weighted by atomic mass is 10.0. The number of unbranched alkanes of at least 4 members (excludes halogenated alkanes) is 36. The maximum absolute atomic E-state index is 13.6. The van der Waals surface area contributed by atoms with E-state index >= 15 is 0 Å². The number of phosphoric ester groups is 1. The Morgan fingerprint density at radius 1 is 0.414 bits per heavy atom. The molecule has 3 unspecified atom stereocenters. The predicted molar refractivity (Wildman–Crippen MR) is 376 cm³/mol. The molecule has 0 aromatic carbocycles. The van der Waals surface area contributed by atoms with Gasteiger partial charge >= 0.3 is 5.97 Å². The van der Waals surface area contributed by atoms with Crippen LogP contribution in [0.1, 0.15) is 329 Å². The van der Waals surface area contributed by atoms with Gasteiger partial charge in [-0.3, -0.25) is 14.2 Å². The Morgan fingerprint density at radius 2 is 0.736 bits per heavy atom. The number of nitrogens with one attached hydrogen (secondary N) is 1. The second-order valence-corrected chi connectivity index (χ2v) is 27.1. The first-order chi connectivity index (χ1) is 42.4. The second-order valence-electron chi connectivity index (χ2n) is 25.7. The van der Waals surface area contributed by atoms with Crippen molar-refractivity contribution in [3.8, 4) is 0 Å². The molecular weight excluding hydrogens is 1100 g/mol. The van der Waals surface area contributed by atoms with Crippen LogP contribution >= 0.6 is 7.82 Å². The van der Waals surface area contributed by atoms with Crippen molar-refractivity contribution in [3.63, 3.8) is 0 Å². The van der Waals surface area contributed by atoms with Crippen LogP contribution in [0.15, 0.2) is 97.2 Å². The number of carbonyl (C=O) groups is 2. The average molecular weight is 1240 g/mol. The van der Waals surface area contributed by atoms with Gasteiger partial charge in [-0.1, -0.05) is 305 Å². The Kier molecular flexibility index (Phi) is 63.5. The Balaban J connectivity index is 5.12. The van der Waals surface area contributed by atoms with Crippen LogP contribution in [-0.2, 0) is 27.9 Å². The van der Waals surface area contributed by atoms with Crippen LogP contribution in [-0.4, -0.2) is 69.4 Å². The molecule has 0 radical (unpaired) electrons. The smallest absolute Gasteiger partial charge is 0.306 e. The van der Waals surface area contributed by atoms with E-state index in [1.807, 2.05) is 33.3 Å². The van der Waals surface area contributed by atoms with E-state index in [1.54, 1.807) is 0 Å². The lowest BCUT2D eigenvalue weighted by molar-refractivity contribution is -0.870. The van der Waals surface area contributed by atoms with Crippen LogP contribution in [0.25, 0.3) is 0 Å². The fourth-order valence-corrected chi connectivity index (χ4v) is 11.1. The molecule has 0 aromatic heterocycles. The van der Waals surface area contributed by atoms with Gasteiger partial charge in [0.15, 0.2) is 0 Å². The number of carbonyl (C=O) groups excluding carboxylic acids is 2. The van der Waals surface area contributed by atoms with Crippen LogP contribution in [0.4, 0.5) is 0 Å². The first-order valence-corrected chi connectivity index (χ1v) is 38.0. The highest BCUT2D eigenvalue weighted by molar-refractivity contribution is 7.45. The second kappa shape index (κ2) is 65.9. The fourth-order valence-electron chi connectivity index (χ4n) is 10.4. The number of nitrogens with zero attached hydrogens (tertiary/aromatic N) is 1. The van der Waals surface area contributed by atoms with E-state index < -0.39 is 26.6 Å². The van der Waals surface area contributed by atoms with E-state index in [-0.39, 0.29) is 24.9 Å². The molecule has 9 nitrogen and oxygen atoms in total. The fraction of sp³-hybridized carbons (Fsp3) is 0.766. The minimum atomic E-state index is -4.72. The first kappa shape index (κ1) is 83.9. The quantitative estimate of drug-likeness (QED) is 0.0212. The third-order valence-electron chi connectivity index (χ3n) is 16.0. The number of allylic oxidation sites excluding steroid dienone is 15. The number of phosphoric acid groups is 1. The molecule has 3 atom stereocenters. The highest BCUT2D eigenvalue weighted by Crippen LogP contribution is 2.38. The summed E-state index contributed by atoms with van der Waals surface area (Å²) in [6.07, 6.45) is 89.6. The minimum absolute atomic E-state index is 0.0287. The van der Waals surface area contributed by atoms with Gasteiger partial charge < -0.3 is 28.5 Å². The van der Waals surface area contributed by atoms with Crippen molar-refractivity contribution in [2.24, 2.45) is 0 Å². The molecule has 0 aromatic rings. The Labute approximate surface area is 538 Å². The maximum Gasteiger partial charge on any atom is 0.306 e. The molecule has 0 aliphatic rings. The normalized spacial score (nSPS) is 14.1. The summed E-state index contributed by atoms with van der Waals surface area (Å²) in [5.74, 6) is -0.552. The molecule has 0 aliphatic heterocycles. The molecule has 0 fully saturated rings. The summed E-state index contributed by atoms with van der Waals surface area (Å²) in [6, 6.07) is -0.903. The van der Waals surface area contributed by atoms with Crippen molar-refractivity contribution < 1.29 is 37.3 Å². The van der Waals surface area contributed by atoms with Crippen LogP contribution in [0.5, 0.6) is 0 Å². The molecule has 10 heteroatoms. The number of quaternary nitrogens is 1. The molecular formula is C77H139N2O7P. The van der Waals surface area contributed by atoms with Crippen molar-refractivity contribution in [3.05, 3.63) is 97.2 Å². The van der Waals surface area contributed by atoms with Crippen LogP contribution in [0, 0.1) is 0 Å². The summed E-state index contributed by atoms with van der Waals surface area (Å²) < 4.78 is 30.5. The SMILES string of the molecule is CC/C=C\C/C=C\C/C=C\C/C=C\C/C=C\C/C=C\CCCCCCCCC(=O)NC(COP(=O)([O-])OCC[N+](C)(C)C)C(/C=C/CCCCCCCCCCCCC)OC(=O)CCCCCCCCCCCCCCC/C=C/CCCCCCCC. The predicted octanol–water partition coefficient (Wildman–Crippen LogP) is 22.8. The molecule has 0 spiro atoms. The molecule has 504 valence electrons. The largest absolute Gasteiger partial charge is 0.756 e. The molecule has 1 amide bonds. The zero-order valence-electron chi connectivity index (χ0n) is 57.7. The van der Waals surface area contributed by atoms with Gasteiger partial charge in [0.25, 0.3) is 7.82 Å². The van der Waals surface area contributed by atoms with E-state index in [0.29, 0.717) is 17.4 Å². The third-order valence-corrected chi connectivity index (χ3v) is 17.0. The Bertz CT molecular complexity index is 1810. The van der Waals surface area contributed by atoms with Gasteiger partial charge in [-0.15, -0.1) is 0 Å². The molecule has 0 saturated carbocycles. The molecule has 0 heterocycles. The molecule has 0 bridgehead atoms. The number of ether oxygens (including phenoxy) is 1. The number of likely N-dealkylation sites (N-methyl/N-ethyl adjacent to an activating group) is 1. The maximum atomic E-state index is 13.6. The molecule has 0 saturated heterocycles. The zero-order valence-corrected chi connectivity index (χ0v) is 58.6. The summed E-state index contributed by atoms with van der Waals surface area (Å²) in [5.41, 5.74) is 0. The summed E-state index contributed by atoms with van der Waals surface area (Å²) in [6.45, 7) is 6.75. The monoisotopic (exact) mass is 1240 g/mol. The van der Waals surface area contributed by atoms with Gasteiger partial charge in [-0.25, -0.2) is 0 Å². The highest BCUT2D eigenvalue weighted by Gasteiger charge is 2.27. The van der Waals surface area contributed by atoms with Gasteiger partial charge in [-0.2, -0.15) is 0 Å². The third kappa shape index (κ3) is 67.2. The standard InChI is InChI=1S/C77H139N2O7P/c1-7-10-13-16-19-22-25-28-30-32-34-36-38-39-41-42-44-46-48-51-54-57-60-63-66-69-76(80)78-74(73-85-87(82,83)84-72-71-79(4,5)6)75(68-65-62-59-56-53-50-27-24-21-18-15-12-9-3)86-77(81)70-67-64-61-58-55-52-49-47-45-43-40-37-35-33-31-29-26-23-20-17-14-11-8-2/h10,13,19,22,28-31,34,36,39,41,44,46,65,68,74-75H,7-9,11-12,14-18,20-21,23-27,32-33,35,37-38,40,42-43,45,47-64,66-67,69-73H2,1-6H3,(H-,78,80,82,83)/b13-10-,22-19-,30-28-,31-29+,36-34-,41-39-,46-44-,68-65+. The van der Waals surface area contributed by atoms with E-state index in [0.717, 1.165) is 122 Å². The number of rotatable bonds is 66. The Morgan fingerprint density at radius 3 is 1.11 bits per heavy atom. The van der Waals surface area contributed by atoms with E-state index in [4.69, 9.17) is 13.8 Å². The van der Waals surface area contributed by atoms with Crippen LogP contribution in [0.3, 0.4) is 0 Å².